The maximum Gasteiger partial charge on any atom is 0.239 e. The molecule has 1 amide bonds. The first-order valence-electron chi connectivity index (χ1n) is 5.94. The molecule has 0 radical (unpaired) electrons. The van der Waals surface area contributed by atoms with E-state index in [0.29, 0.717) is 5.92 Å². The predicted octanol–water partition coefficient (Wildman–Crippen LogP) is 2.01. The summed E-state index contributed by atoms with van der Waals surface area (Å²) < 4.78 is 0. The molecule has 0 spiro atoms. The number of nitrogens with zero attached hydrogens (tertiary/aromatic N) is 1. The van der Waals surface area contributed by atoms with Crippen LogP contribution in [0, 0.1) is 5.92 Å². The van der Waals surface area contributed by atoms with Crippen molar-refractivity contribution < 1.29 is 4.79 Å². The normalized spacial score (nSPS) is 15.1. The molecule has 2 atom stereocenters. The minimum atomic E-state index is -0.323. The first-order valence-corrected chi connectivity index (χ1v) is 5.94. The van der Waals surface area contributed by atoms with E-state index in [9.17, 15) is 4.79 Å². The molecule has 15 heavy (non-hydrogen) atoms. The third-order valence-electron chi connectivity index (χ3n) is 3.11. The fraction of sp³-hybridized carbons (Fsp3) is 0.917. The number of hydrogen-bond donors (Lipinski definition) is 1. The van der Waals surface area contributed by atoms with Gasteiger partial charge in [-0.3, -0.25) is 4.79 Å². The van der Waals surface area contributed by atoms with Gasteiger partial charge in [-0.2, -0.15) is 0 Å². The van der Waals surface area contributed by atoms with Gasteiger partial charge in [-0.25, -0.2) is 0 Å². The second-order valence-electron chi connectivity index (χ2n) is 4.68. The lowest BCUT2D eigenvalue weighted by Gasteiger charge is -2.30. The van der Waals surface area contributed by atoms with Crippen molar-refractivity contribution >= 4 is 5.91 Å². The standard InChI is InChI=1S/C12H26N2O/c1-6-7-8-11(13)12(15)14(5)10(4)9(2)3/h9-11H,6-8,13H2,1-5H3. The van der Waals surface area contributed by atoms with Gasteiger partial charge in [0.2, 0.25) is 5.91 Å². The molecule has 2 unspecified atom stereocenters. The summed E-state index contributed by atoms with van der Waals surface area (Å²) in [5, 5.41) is 0. The van der Waals surface area contributed by atoms with Crippen LogP contribution in [0.2, 0.25) is 0 Å². The van der Waals surface area contributed by atoms with Gasteiger partial charge in [-0.05, 0) is 19.3 Å². The van der Waals surface area contributed by atoms with Crippen LogP contribution in [0.3, 0.4) is 0 Å². The van der Waals surface area contributed by atoms with E-state index in [1.807, 2.05) is 7.05 Å². The lowest BCUT2D eigenvalue weighted by molar-refractivity contribution is -0.134. The fourth-order valence-corrected chi connectivity index (χ4v) is 1.46. The van der Waals surface area contributed by atoms with Crippen LogP contribution in [-0.2, 0) is 4.79 Å². The van der Waals surface area contributed by atoms with Gasteiger partial charge in [0.05, 0.1) is 6.04 Å². The molecule has 0 rings (SSSR count). The summed E-state index contributed by atoms with van der Waals surface area (Å²) in [5.41, 5.74) is 5.85. The number of amides is 1. The van der Waals surface area contributed by atoms with Crippen molar-refractivity contribution in [3.8, 4) is 0 Å². The van der Waals surface area contributed by atoms with E-state index in [-0.39, 0.29) is 18.0 Å². The molecule has 2 N–H and O–H groups in total. The molecule has 0 aromatic heterocycles. The van der Waals surface area contributed by atoms with Crippen LogP contribution in [0.25, 0.3) is 0 Å². The van der Waals surface area contributed by atoms with E-state index in [2.05, 4.69) is 27.7 Å². The molecule has 0 aliphatic heterocycles. The molecular weight excluding hydrogens is 188 g/mol. The topological polar surface area (TPSA) is 46.3 Å². The van der Waals surface area contributed by atoms with Crippen molar-refractivity contribution in [2.24, 2.45) is 11.7 Å². The van der Waals surface area contributed by atoms with Gasteiger partial charge < -0.3 is 10.6 Å². The van der Waals surface area contributed by atoms with E-state index >= 15 is 0 Å². The minimum absolute atomic E-state index is 0.0738. The highest BCUT2D eigenvalue weighted by molar-refractivity contribution is 5.81. The first-order chi connectivity index (χ1) is 6.91. The highest BCUT2D eigenvalue weighted by Gasteiger charge is 2.22. The second kappa shape index (κ2) is 6.83. The van der Waals surface area contributed by atoms with Crippen LogP contribution in [-0.4, -0.2) is 29.9 Å². The molecule has 0 bridgehead atoms. The average Bonchev–Trinajstić information content (AvgIpc) is 2.22. The van der Waals surface area contributed by atoms with Crippen LogP contribution in [0.1, 0.15) is 47.0 Å². The van der Waals surface area contributed by atoms with Crippen LogP contribution in [0.5, 0.6) is 0 Å². The summed E-state index contributed by atoms with van der Waals surface area (Å²) in [6.07, 6.45) is 2.91. The largest absolute Gasteiger partial charge is 0.341 e. The smallest absolute Gasteiger partial charge is 0.239 e. The number of carbonyl (C=O) groups excluding carboxylic acids is 1. The van der Waals surface area contributed by atoms with Gasteiger partial charge >= 0.3 is 0 Å². The molecular formula is C12H26N2O. The molecule has 0 aliphatic rings. The molecule has 3 heteroatoms. The molecule has 90 valence electrons. The van der Waals surface area contributed by atoms with E-state index in [1.54, 1.807) is 4.90 Å². The monoisotopic (exact) mass is 214 g/mol. The van der Waals surface area contributed by atoms with Gasteiger partial charge in [0, 0.05) is 13.1 Å². The van der Waals surface area contributed by atoms with E-state index in [4.69, 9.17) is 5.73 Å². The number of rotatable bonds is 6. The first kappa shape index (κ1) is 14.4. The Balaban J connectivity index is 4.18. The predicted molar refractivity (Wildman–Crippen MR) is 64.6 cm³/mol. The van der Waals surface area contributed by atoms with E-state index in [0.717, 1.165) is 19.3 Å². The zero-order chi connectivity index (χ0) is 12.0. The number of unbranched alkanes of at least 4 members (excludes halogenated alkanes) is 1. The summed E-state index contributed by atoms with van der Waals surface area (Å²) in [4.78, 5) is 13.7. The van der Waals surface area contributed by atoms with Gasteiger partial charge in [0.15, 0.2) is 0 Å². The van der Waals surface area contributed by atoms with Crippen molar-refractivity contribution in [3.05, 3.63) is 0 Å². The Morgan fingerprint density at radius 1 is 1.33 bits per heavy atom. The number of nitrogens with two attached hydrogens (primary N) is 1. The van der Waals surface area contributed by atoms with Crippen molar-refractivity contribution in [2.45, 2.75) is 59.0 Å². The van der Waals surface area contributed by atoms with Gasteiger partial charge in [-0.1, -0.05) is 33.6 Å². The average molecular weight is 214 g/mol. The highest BCUT2D eigenvalue weighted by atomic mass is 16.2. The Morgan fingerprint density at radius 2 is 1.87 bits per heavy atom. The number of hydrogen-bond acceptors (Lipinski definition) is 2. The molecule has 0 fully saturated rings. The molecule has 0 aliphatic carbocycles. The van der Waals surface area contributed by atoms with Gasteiger partial charge in [-0.15, -0.1) is 0 Å². The SMILES string of the molecule is CCCCC(N)C(=O)N(C)C(C)C(C)C. The highest BCUT2D eigenvalue weighted by Crippen LogP contribution is 2.10. The third-order valence-corrected chi connectivity index (χ3v) is 3.11. The van der Waals surface area contributed by atoms with Crippen LogP contribution in [0.4, 0.5) is 0 Å². The summed E-state index contributed by atoms with van der Waals surface area (Å²) in [5.74, 6) is 0.543. The lowest BCUT2D eigenvalue weighted by atomic mass is 10.0. The molecule has 0 heterocycles. The van der Waals surface area contributed by atoms with Crippen molar-refractivity contribution in [1.82, 2.24) is 4.90 Å². The summed E-state index contributed by atoms with van der Waals surface area (Å²) in [7, 11) is 1.85. The van der Waals surface area contributed by atoms with Crippen molar-refractivity contribution in [3.63, 3.8) is 0 Å². The summed E-state index contributed by atoms with van der Waals surface area (Å²) >= 11 is 0. The maximum absolute atomic E-state index is 11.9. The number of likely N-dealkylation sites (N-methyl/N-ethyl adjacent to an activating group) is 1. The van der Waals surface area contributed by atoms with Crippen LogP contribution in [0.15, 0.2) is 0 Å². The summed E-state index contributed by atoms with van der Waals surface area (Å²) in [6, 6.07) is -0.0682. The number of carbonyl (C=O) groups is 1. The fourth-order valence-electron chi connectivity index (χ4n) is 1.46. The Kier molecular flexibility index (Phi) is 6.57. The molecule has 3 nitrogen and oxygen atoms in total. The van der Waals surface area contributed by atoms with Crippen molar-refractivity contribution in [1.29, 1.82) is 0 Å². The Labute approximate surface area is 94.0 Å². The van der Waals surface area contributed by atoms with Crippen molar-refractivity contribution in [2.75, 3.05) is 7.05 Å². The summed E-state index contributed by atoms with van der Waals surface area (Å²) in [6.45, 7) is 8.41. The van der Waals surface area contributed by atoms with E-state index in [1.165, 1.54) is 0 Å². The molecule has 0 saturated carbocycles. The molecule has 0 aromatic rings. The van der Waals surface area contributed by atoms with Gasteiger partial charge in [0.25, 0.3) is 0 Å². The lowest BCUT2D eigenvalue weighted by Crippen LogP contribution is -2.47. The minimum Gasteiger partial charge on any atom is -0.341 e. The molecule has 0 aromatic carbocycles. The van der Waals surface area contributed by atoms with E-state index < -0.39 is 0 Å². The van der Waals surface area contributed by atoms with Crippen LogP contribution >= 0.6 is 0 Å². The molecule has 0 saturated heterocycles. The zero-order valence-electron chi connectivity index (χ0n) is 10.8. The zero-order valence-corrected chi connectivity index (χ0v) is 10.8. The Hall–Kier alpha value is -0.570. The quantitative estimate of drug-likeness (QED) is 0.735. The Bertz CT molecular complexity index is 192. The van der Waals surface area contributed by atoms with Crippen LogP contribution < -0.4 is 5.73 Å². The Morgan fingerprint density at radius 3 is 2.27 bits per heavy atom. The third kappa shape index (κ3) is 4.65. The maximum atomic E-state index is 11.9. The van der Waals surface area contributed by atoms with Gasteiger partial charge in [0.1, 0.15) is 0 Å². The second-order valence-corrected chi connectivity index (χ2v) is 4.68.